The topological polar surface area (TPSA) is 80.1 Å². The third kappa shape index (κ3) is 2.65. The lowest BCUT2D eigenvalue weighted by Crippen LogP contribution is -2.25. The van der Waals surface area contributed by atoms with E-state index in [0.29, 0.717) is 0 Å². The average molecular weight is 262 g/mol. The highest BCUT2D eigenvalue weighted by Gasteiger charge is 2.24. The summed E-state index contributed by atoms with van der Waals surface area (Å²) in [5.74, 6) is -0.664. The van der Waals surface area contributed by atoms with E-state index in [1.165, 1.54) is 40.4 Å². The zero-order valence-corrected chi connectivity index (χ0v) is 10.8. The summed E-state index contributed by atoms with van der Waals surface area (Å²) in [5.41, 5.74) is 0. The van der Waals surface area contributed by atoms with E-state index in [9.17, 15) is 13.2 Å². The van der Waals surface area contributed by atoms with Gasteiger partial charge >= 0.3 is 5.91 Å². The summed E-state index contributed by atoms with van der Waals surface area (Å²) < 4.78 is 29.4. The van der Waals surface area contributed by atoms with Gasteiger partial charge in [-0.2, -0.15) is 0 Å². The van der Waals surface area contributed by atoms with Crippen molar-refractivity contribution in [2.24, 2.45) is 0 Å². The number of hydroxylamine groups is 2. The van der Waals surface area contributed by atoms with Gasteiger partial charge in [0, 0.05) is 21.1 Å². The molecule has 8 heteroatoms. The maximum atomic E-state index is 11.7. The second kappa shape index (κ2) is 4.86. The van der Waals surface area contributed by atoms with E-state index in [1.54, 1.807) is 0 Å². The predicted molar refractivity (Wildman–Crippen MR) is 58.7 cm³/mol. The molecule has 1 aromatic heterocycles. The van der Waals surface area contributed by atoms with E-state index in [1.807, 2.05) is 0 Å². The van der Waals surface area contributed by atoms with Gasteiger partial charge in [0.15, 0.2) is 5.76 Å². The van der Waals surface area contributed by atoms with Crippen LogP contribution in [-0.2, 0) is 14.9 Å². The zero-order chi connectivity index (χ0) is 13.2. The second-order valence-electron chi connectivity index (χ2n) is 3.39. The van der Waals surface area contributed by atoms with Crippen LogP contribution in [0.3, 0.4) is 0 Å². The Balaban J connectivity index is 3.05. The number of hydrogen-bond donors (Lipinski definition) is 0. The Hall–Kier alpha value is -1.38. The van der Waals surface area contributed by atoms with E-state index in [2.05, 4.69) is 4.84 Å². The lowest BCUT2D eigenvalue weighted by molar-refractivity contribution is -0.0775. The van der Waals surface area contributed by atoms with Crippen LogP contribution in [0.15, 0.2) is 21.6 Å². The van der Waals surface area contributed by atoms with Crippen LogP contribution in [0, 0.1) is 0 Å². The lowest BCUT2D eigenvalue weighted by atomic mass is 10.4. The molecule has 0 unspecified atom stereocenters. The monoisotopic (exact) mass is 262 g/mol. The Morgan fingerprint density at radius 2 is 1.88 bits per heavy atom. The molecular weight excluding hydrogens is 248 g/mol. The first-order chi connectivity index (χ1) is 7.80. The second-order valence-corrected chi connectivity index (χ2v) is 5.47. The first-order valence-corrected chi connectivity index (χ1v) is 6.09. The molecule has 0 N–H and O–H groups in total. The van der Waals surface area contributed by atoms with E-state index >= 15 is 0 Å². The molecule has 0 fully saturated rings. The zero-order valence-electron chi connectivity index (χ0n) is 10.00. The standard InChI is InChI=1S/C9H14N2O5S/c1-10(2)17(13,14)8-6-5-7(16-8)9(12)11(3)15-4/h5-6H,1-4H3. The van der Waals surface area contributed by atoms with Crippen molar-refractivity contribution < 1.29 is 22.5 Å². The molecule has 1 aromatic rings. The Kier molecular flexibility index (Phi) is 3.91. The number of carbonyl (C=O) groups is 1. The van der Waals surface area contributed by atoms with Crippen molar-refractivity contribution in [1.82, 2.24) is 9.37 Å². The number of rotatable bonds is 4. The molecule has 1 amide bonds. The number of sulfonamides is 1. The van der Waals surface area contributed by atoms with Crippen molar-refractivity contribution in [2.75, 3.05) is 28.3 Å². The largest absolute Gasteiger partial charge is 0.438 e. The molecule has 0 saturated heterocycles. The highest BCUT2D eigenvalue weighted by Crippen LogP contribution is 2.17. The smallest absolute Gasteiger partial charge is 0.312 e. The van der Waals surface area contributed by atoms with Gasteiger partial charge in [0.2, 0.25) is 5.09 Å². The average Bonchev–Trinajstić information content (AvgIpc) is 2.76. The molecule has 0 atom stereocenters. The summed E-state index contributed by atoms with van der Waals surface area (Å²) in [4.78, 5) is 16.3. The Labute approximate surface area is 99.6 Å². The Morgan fingerprint density at radius 3 is 2.35 bits per heavy atom. The first kappa shape index (κ1) is 13.7. The van der Waals surface area contributed by atoms with Crippen molar-refractivity contribution in [3.63, 3.8) is 0 Å². The van der Waals surface area contributed by atoms with Gasteiger partial charge in [0.25, 0.3) is 10.0 Å². The molecule has 0 aliphatic carbocycles. The molecular formula is C9H14N2O5S. The third-order valence-corrected chi connectivity index (χ3v) is 3.78. The van der Waals surface area contributed by atoms with Crippen molar-refractivity contribution in [3.05, 3.63) is 17.9 Å². The predicted octanol–water partition coefficient (Wildman–Crippen LogP) is 0.163. The van der Waals surface area contributed by atoms with Crippen molar-refractivity contribution in [2.45, 2.75) is 5.09 Å². The van der Waals surface area contributed by atoms with Gasteiger partial charge < -0.3 is 4.42 Å². The number of nitrogens with zero attached hydrogens (tertiary/aromatic N) is 2. The number of carbonyl (C=O) groups excluding carboxylic acids is 1. The van der Waals surface area contributed by atoms with Crippen molar-refractivity contribution in [3.8, 4) is 0 Å². The molecule has 1 rings (SSSR count). The van der Waals surface area contributed by atoms with Crippen LogP contribution in [0.1, 0.15) is 10.6 Å². The fourth-order valence-electron chi connectivity index (χ4n) is 0.992. The molecule has 96 valence electrons. The highest BCUT2D eigenvalue weighted by atomic mass is 32.2. The highest BCUT2D eigenvalue weighted by molar-refractivity contribution is 7.88. The van der Waals surface area contributed by atoms with Gasteiger partial charge in [-0.25, -0.2) is 17.8 Å². The molecule has 7 nitrogen and oxygen atoms in total. The Morgan fingerprint density at radius 1 is 1.29 bits per heavy atom. The molecule has 0 saturated carbocycles. The Bertz CT molecular complexity index is 505. The molecule has 1 heterocycles. The van der Waals surface area contributed by atoms with Gasteiger partial charge in [-0.3, -0.25) is 9.63 Å². The van der Waals surface area contributed by atoms with Gasteiger partial charge in [-0.1, -0.05) is 0 Å². The van der Waals surface area contributed by atoms with E-state index in [0.717, 1.165) is 9.37 Å². The molecule has 17 heavy (non-hydrogen) atoms. The number of hydrogen-bond acceptors (Lipinski definition) is 5. The lowest BCUT2D eigenvalue weighted by Gasteiger charge is -2.11. The molecule has 0 aliphatic rings. The minimum Gasteiger partial charge on any atom is -0.438 e. The summed E-state index contributed by atoms with van der Waals surface area (Å²) in [5, 5.41) is 0.653. The fourth-order valence-corrected chi connectivity index (χ4v) is 1.79. The van der Waals surface area contributed by atoms with Gasteiger partial charge in [0.05, 0.1) is 7.11 Å². The summed E-state index contributed by atoms with van der Waals surface area (Å²) in [6.07, 6.45) is 0. The maximum absolute atomic E-state index is 11.7. The molecule has 0 aromatic carbocycles. The van der Waals surface area contributed by atoms with Crippen LogP contribution < -0.4 is 0 Å². The molecule has 0 spiro atoms. The SMILES string of the molecule is CON(C)C(=O)c1ccc(S(=O)(=O)N(C)C)o1. The van der Waals surface area contributed by atoms with Crippen LogP contribution in [0.4, 0.5) is 0 Å². The quantitative estimate of drug-likeness (QED) is 0.722. The van der Waals surface area contributed by atoms with Crippen molar-refractivity contribution in [1.29, 1.82) is 0 Å². The van der Waals surface area contributed by atoms with Gasteiger partial charge in [-0.05, 0) is 12.1 Å². The van der Waals surface area contributed by atoms with Crippen LogP contribution in [-0.4, -0.2) is 51.9 Å². The van der Waals surface area contributed by atoms with E-state index < -0.39 is 15.9 Å². The van der Waals surface area contributed by atoms with E-state index in [4.69, 9.17) is 4.42 Å². The summed E-state index contributed by atoms with van der Waals surface area (Å²) >= 11 is 0. The normalized spacial score (nSPS) is 11.8. The van der Waals surface area contributed by atoms with E-state index in [-0.39, 0.29) is 10.9 Å². The molecule has 0 aliphatic heterocycles. The minimum absolute atomic E-state index is 0.102. The molecule has 0 bridgehead atoms. The molecule has 0 radical (unpaired) electrons. The summed E-state index contributed by atoms with van der Waals surface area (Å²) in [6, 6.07) is 2.51. The number of furan rings is 1. The third-order valence-electron chi connectivity index (χ3n) is 2.09. The van der Waals surface area contributed by atoms with Crippen LogP contribution >= 0.6 is 0 Å². The minimum atomic E-state index is -3.67. The van der Waals surface area contributed by atoms with Gasteiger partial charge in [-0.15, -0.1) is 0 Å². The van der Waals surface area contributed by atoms with Crippen LogP contribution in [0.2, 0.25) is 0 Å². The fraction of sp³-hybridized carbons (Fsp3) is 0.444. The maximum Gasteiger partial charge on any atom is 0.312 e. The summed E-state index contributed by atoms with van der Waals surface area (Å²) in [7, 11) is 1.80. The number of amides is 1. The van der Waals surface area contributed by atoms with Gasteiger partial charge in [0.1, 0.15) is 0 Å². The first-order valence-electron chi connectivity index (χ1n) is 4.65. The van der Waals surface area contributed by atoms with Crippen LogP contribution in [0.5, 0.6) is 0 Å². The summed E-state index contributed by atoms with van der Waals surface area (Å²) in [6.45, 7) is 0. The van der Waals surface area contributed by atoms with Crippen LogP contribution in [0.25, 0.3) is 0 Å². The van der Waals surface area contributed by atoms with Crippen molar-refractivity contribution >= 4 is 15.9 Å².